The number of rotatable bonds is 6. The van der Waals surface area contributed by atoms with Crippen molar-refractivity contribution >= 4 is 29.1 Å². The number of likely N-dealkylation sites (tertiary alicyclic amines) is 1. The number of alkyl halides is 3. The summed E-state index contributed by atoms with van der Waals surface area (Å²) in [5.41, 5.74) is -0.835. The number of hydrogen-bond donors (Lipinski definition) is 1. The first kappa shape index (κ1) is 22.7. The first-order valence-corrected chi connectivity index (χ1v) is 10.3. The molecule has 0 bridgehead atoms. The monoisotopic (exact) mass is 460 g/mol. The van der Waals surface area contributed by atoms with Crippen LogP contribution in [0.3, 0.4) is 0 Å². The van der Waals surface area contributed by atoms with E-state index in [0.29, 0.717) is 28.9 Å². The van der Waals surface area contributed by atoms with Gasteiger partial charge in [-0.2, -0.15) is 13.2 Å². The normalized spacial score (nSPS) is 15.8. The molecule has 1 fully saturated rings. The van der Waals surface area contributed by atoms with E-state index in [1.807, 2.05) is 0 Å². The molecule has 1 saturated heterocycles. The summed E-state index contributed by atoms with van der Waals surface area (Å²) >= 11 is 11.9. The lowest BCUT2D eigenvalue weighted by atomic mass is 10.1. The van der Waals surface area contributed by atoms with E-state index < -0.39 is 17.6 Å². The highest BCUT2D eigenvalue weighted by Gasteiger charge is 2.30. The third-order valence-electron chi connectivity index (χ3n) is 4.89. The molecule has 0 saturated carbocycles. The molecule has 0 unspecified atom stereocenters. The lowest BCUT2D eigenvalue weighted by Gasteiger charge is -2.32. The molecule has 2 aromatic rings. The second-order valence-electron chi connectivity index (χ2n) is 7.07. The van der Waals surface area contributed by atoms with Crippen molar-refractivity contribution in [1.29, 1.82) is 0 Å². The summed E-state index contributed by atoms with van der Waals surface area (Å²) in [6.45, 7) is 2.56. The Morgan fingerprint density at radius 3 is 2.50 bits per heavy atom. The Morgan fingerprint density at radius 2 is 1.83 bits per heavy atom. The highest BCUT2D eigenvalue weighted by molar-refractivity contribution is 6.42. The number of hydrogen-bond acceptors (Lipinski definition) is 3. The Hall–Kier alpha value is -1.96. The number of piperidine rings is 1. The second kappa shape index (κ2) is 9.90. The lowest BCUT2D eigenvalue weighted by Crippen LogP contribution is -2.42. The molecule has 4 nitrogen and oxygen atoms in total. The molecule has 1 N–H and O–H groups in total. The van der Waals surface area contributed by atoms with E-state index in [0.717, 1.165) is 38.1 Å². The molecule has 9 heteroatoms. The van der Waals surface area contributed by atoms with Gasteiger partial charge in [0.05, 0.1) is 15.6 Å². The van der Waals surface area contributed by atoms with E-state index >= 15 is 0 Å². The van der Waals surface area contributed by atoms with Crippen LogP contribution < -0.4 is 10.1 Å². The van der Waals surface area contributed by atoms with Crippen LogP contribution >= 0.6 is 23.2 Å². The van der Waals surface area contributed by atoms with Crippen LogP contribution in [0.25, 0.3) is 0 Å². The SMILES string of the molecule is O=C(NCCN1CCC(Oc2ccc(Cl)c(Cl)c2)CC1)c1cccc(C(F)(F)F)c1. The summed E-state index contributed by atoms with van der Waals surface area (Å²) in [6.07, 6.45) is -2.76. The maximum Gasteiger partial charge on any atom is 0.416 e. The molecular weight excluding hydrogens is 440 g/mol. The number of benzene rings is 2. The van der Waals surface area contributed by atoms with Crippen LogP contribution in [0, 0.1) is 0 Å². The Morgan fingerprint density at radius 1 is 1.10 bits per heavy atom. The van der Waals surface area contributed by atoms with E-state index in [-0.39, 0.29) is 11.7 Å². The molecule has 0 atom stereocenters. The molecule has 1 amide bonds. The highest BCUT2D eigenvalue weighted by Crippen LogP contribution is 2.30. The predicted octanol–water partition coefficient (Wildman–Crippen LogP) is 5.29. The van der Waals surface area contributed by atoms with Crippen molar-refractivity contribution in [2.45, 2.75) is 25.1 Å². The topological polar surface area (TPSA) is 41.6 Å². The van der Waals surface area contributed by atoms with E-state index in [1.165, 1.54) is 12.1 Å². The third kappa shape index (κ3) is 6.27. The van der Waals surface area contributed by atoms with Crippen LogP contribution in [0.4, 0.5) is 13.2 Å². The van der Waals surface area contributed by atoms with Gasteiger partial charge in [-0.3, -0.25) is 4.79 Å². The van der Waals surface area contributed by atoms with E-state index in [9.17, 15) is 18.0 Å². The Labute approximate surface area is 182 Å². The Balaban J connectivity index is 1.40. The number of halogens is 5. The van der Waals surface area contributed by atoms with Crippen LogP contribution in [-0.2, 0) is 6.18 Å². The van der Waals surface area contributed by atoms with Gasteiger partial charge in [-0.25, -0.2) is 0 Å². The van der Waals surface area contributed by atoms with Gasteiger partial charge in [0.2, 0.25) is 0 Å². The van der Waals surface area contributed by atoms with Crippen LogP contribution in [-0.4, -0.2) is 43.1 Å². The molecule has 1 heterocycles. The van der Waals surface area contributed by atoms with E-state index in [4.69, 9.17) is 27.9 Å². The van der Waals surface area contributed by atoms with Gasteiger partial charge in [0.15, 0.2) is 0 Å². The van der Waals surface area contributed by atoms with Crippen LogP contribution in [0.15, 0.2) is 42.5 Å². The van der Waals surface area contributed by atoms with Gasteiger partial charge in [0.25, 0.3) is 5.91 Å². The van der Waals surface area contributed by atoms with Crippen LogP contribution in [0.1, 0.15) is 28.8 Å². The van der Waals surface area contributed by atoms with E-state index in [2.05, 4.69) is 10.2 Å². The maximum absolute atomic E-state index is 12.8. The summed E-state index contributed by atoms with van der Waals surface area (Å²) < 4.78 is 44.3. The molecule has 3 rings (SSSR count). The molecule has 30 heavy (non-hydrogen) atoms. The first-order chi connectivity index (χ1) is 14.2. The van der Waals surface area contributed by atoms with Gasteiger partial charge in [0.1, 0.15) is 11.9 Å². The number of nitrogens with one attached hydrogen (secondary N) is 1. The van der Waals surface area contributed by atoms with Crippen LogP contribution in [0.2, 0.25) is 10.0 Å². The lowest BCUT2D eigenvalue weighted by molar-refractivity contribution is -0.137. The zero-order valence-electron chi connectivity index (χ0n) is 16.0. The zero-order chi connectivity index (χ0) is 21.7. The molecule has 2 aromatic carbocycles. The van der Waals surface area contributed by atoms with Crippen molar-refractivity contribution in [1.82, 2.24) is 10.2 Å². The smallest absolute Gasteiger partial charge is 0.416 e. The molecule has 1 aliphatic rings. The fourth-order valence-corrected chi connectivity index (χ4v) is 3.55. The Bertz CT molecular complexity index is 885. The highest BCUT2D eigenvalue weighted by atomic mass is 35.5. The van der Waals surface area contributed by atoms with Crippen molar-refractivity contribution in [2.75, 3.05) is 26.2 Å². The van der Waals surface area contributed by atoms with Crippen molar-refractivity contribution in [2.24, 2.45) is 0 Å². The number of amides is 1. The molecular formula is C21H21Cl2F3N2O2. The number of ether oxygens (including phenoxy) is 1. The van der Waals surface area contributed by atoms with Gasteiger partial charge in [-0.1, -0.05) is 29.3 Å². The van der Waals surface area contributed by atoms with E-state index in [1.54, 1.807) is 18.2 Å². The van der Waals surface area contributed by atoms with Gasteiger partial charge in [-0.15, -0.1) is 0 Å². The van der Waals surface area contributed by atoms with Gasteiger partial charge in [0, 0.05) is 37.8 Å². The summed E-state index contributed by atoms with van der Waals surface area (Å²) in [5.74, 6) is 0.162. The molecule has 0 aliphatic carbocycles. The summed E-state index contributed by atoms with van der Waals surface area (Å²) in [4.78, 5) is 14.3. The van der Waals surface area contributed by atoms with Crippen molar-refractivity contribution < 1.29 is 22.7 Å². The first-order valence-electron chi connectivity index (χ1n) is 9.52. The predicted molar refractivity (Wildman–Crippen MR) is 110 cm³/mol. The fourth-order valence-electron chi connectivity index (χ4n) is 3.26. The van der Waals surface area contributed by atoms with Gasteiger partial charge in [-0.05, 0) is 43.2 Å². The van der Waals surface area contributed by atoms with Crippen molar-refractivity contribution in [3.63, 3.8) is 0 Å². The van der Waals surface area contributed by atoms with Crippen molar-refractivity contribution in [3.8, 4) is 5.75 Å². The average molecular weight is 461 g/mol. The number of nitrogens with zero attached hydrogens (tertiary/aromatic N) is 1. The minimum Gasteiger partial charge on any atom is -0.490 e. The molecule has 1 aliphatic heterocycles. The molecule has 0 aromatic heterocycles. The maximum atomic E-state index is 12.8. The molecule has 162 valence electrons. The third-order valence-corrected chi connectivity index (χ3v) is 5.63. The largest absolute Gasteiger partial charge is 0.490 e. The molecule has 0 radical (unpaired) electrons. The van der Waals surface area contributed by atoms with Crippen molar-refractivity contribution in [3.05, 3.63) is 63.6 Å². The fraction of sp³-hybridized carbons (Fsp3) is 0.381. The zero-order valence-corrected chi connectivity index (χ0v) is 17.5. The second-order valence-corrected chi connectivity index (χ2v) is 7.88. The standard InChI is InChI=1S/C21H21Cl2F3N2O2/c22-18-5-4-17(13-19(18)23)30-16-6-9-28(10-7-16)11-8-27-20(29)14-2-1-3-15(12-14)21(24,25)26/h1-5,12-13,16H,6-11H2,(H,27,29). The Kier molecular flexibility index (Phi) is 7.50. The minimum atomic E-state index is -4.47. The summed E-state index contributed by atoms with van der Waals surface area (Å²) in [5, 5.41) is 3.61. The van der Waals surface area contributed by atoms with Gasteiger partial charge < -0.3 is 15.0 Å². The van der Waals surface area contributed by atoms with Crippen LogP contribution in [0.5, 0.6) is 5.75 Å². The quantitative estimate of drug-likeness (QED) is 0.636. The number of carbonyl (C=O) groups excluding carboxylic acids is 1. The summed E-state index contributed by atoms with van der Waals surface area (Å²) in [6, 6.07) is 9.58. The summed E-state index contributed by atoms with van der Waals surface area (Å²) in [7, 11) is 0. The minimum absolute atomic E-state index is 0.00133. The average Bonchev–Trinajstić information content (AvgIpc) is 2.71. The molecule has 0 spiro atoms. The van der Waals surface area contributed by atoms with Gasteiger partial charge >= 0.3 is 6.18 Å². The number of carbonyl (C=O) groups is 1.